The molecule has 98 valence electrons. The van der Waals surface area contributed by atoms with E-state index < -0.39 is 0 Å². The Labute approximate surface area is 119 Å². The van der Waals surface area contributed by atoms with E-state index in [1.54, 1.807) is 0 Å². The minimum Gasteiger partial charge on any atom is -0.312 e. The number of halogens is 1. The van der Waals surface area contributed by atoms with Crippen LogP contribution >= 0.6 is 11.6 Å². The lowest BCUT2D eigenvalue weighted by atomic mass is 10.0. The molecular weight excluding hydrogens is 254 g/mol. The highest BCUT2D eigenvalue weighted by Gasteiger charge is 2.37. The molecule has 1 aliphatic rings. The highest BCUT2D eigenvalue weighted by molar-refractivity contribution is 6.18. The SMILES string of the molecule is ClCCNC1CC1c1ccc(-c2ccccc2)cc1. The summed E-state index contributed by atoms with van der Waals surface area (Å²) >= 11 is 5.69. The van der Waals surface area contributed by atoms with Gasteiger partial charge in [0.1, 0.15) is 0 Å². The molecule has 1 N–H and O–H groups in total. The summed E-state index contributed by atoms with van der Waals surface area (Å²) in [4.78, 5) is 0. The Hall–Kier alpha value is -1.31. The van der Waals surface area contributed by atoms with E-state index in [4.69, 9.17) is 11.6 Å². The van der Waals surface area contributed by atoms with Crippen LogP contribution in [0.25, 0.3) is 11.1 Å². The average molecular weight is 272 g/mol. The first-order valence-electron chi connectivity index (χ1n) is 6.83. The fourth-order valence-electron chi connectivity index (χ4n) is 2.58. The van der Waals surface area contributed by atoms with Crippen LogP contribution in [0.15, 0.2) is 54.6 Å². The van der Waals surface area contributed by atoms with Crippen LogP contribution in [0.2, 0.25) is 0 Å². The monoisotopic (exact) mass is 271 g/mol. The van der Waals surface area contributed by atoms with E-state index in [0.29, 0.717) is 17.8 Å². The Morgan fingerprint density at radius 3 is 2.32 bits per heavy atom. The Kier molecular flexibility index (Phi) is 3.86. The lowest BCUT2D eigenvalue weighted by molar-refractivity contribution is 0.706. The maximum Gasteiger partial charge on any atom is 0.0348 e. The molecule has 1 saturated carbocycles. The highest BCUT2D eigenvalue weighted by atomic mass is 35.5. The van der Waals surface area contributed by atoms with E-state index in [1.165, 1.54) is 23.1 Å². The quantitative estimate of drug-likeness (QED) is 0.810. The number of alkyl halides is 1. The first-order valence-corrected chi connectivity index (χ1v) is 7.36. The van der Waals surface area contributed by atoms with Crippen molar-refractivity contribution in [3.8, 4) is 11.1 Å². The fraction of sp³-hybridized carbons (Fsp3) is 0.294. The maximum absolute atomic E-state index is 5.69. The largest absolute Gasteiger partial charge is 0.312 e. The molecule has 2 aromatic rings. The normalized spacial score (nSPS) is 21.3. The smallest absolute Gasteiger partial charge is 0.0348 e. The van der Waals surface area contributed by atoms with Gasteiger partial charge in [-0.15, -0.1) is 11.6 Å². The van der Waals surface area contributed by atoms with Crippen LogP contribution in [0.4, 0.5) is 0 Å². The predicted octanol–water partition coefficient (Wildman–Crippen LogP) is 4.04. The highest BCUT2D eigenvalue weighted by Crippen LogP contribution is 2.41. The maximum atomic E-state index is 5.69. The predicted molar refractivity (Wildman–Crippen MR) is 81.7 cm³/mol. The summed E-state index contributed by atoms with van der Waals surface area (Å²) < 4.78 is 0. The van der Waals surface area contributed by atoms with Gasteiger partial charge < -0.3 is 5.32 Å². The summed E-state index contributed by atoms with van der Waals surface area (Å²) in [5.41, 5.74) is 4.00. The summed E-state index contributed by atoms with van der Waals surface area (Å²) in [5, 5.41) is 3.47. The van der Waals surface area contributed by atoms with Gasteiger partial charge in [-0.2, -0.15) is 0 Å². The molecule has 0 saturated heterocycles. The van der Waals surface area contributed by atoms with Gasteiger partial charge in [-0.1, -0.05) is 54.6 Å². The van der Waals surface area contributed by atoms with Crippen molar-refractivity contribution < 1.29 is 0 Å². The van der Waals surface area contributed by atoms with E-state index in [-0.39, 0.29) is 0 Å². The van der Waals surface area contributed by atoms with Crippen molar-refractivity contribution in [2.45, 2.75) is 18.4 Å². The number of rotatable bonds is 5. The van der Waals surface area contributed by atoms with Gasteiger partial charge in [0.15, 0.2) is 0 Å². The Bertz CT molecular complexity index is 521. The average Bonchev–Trinajstić information content (AvgIpc) is 3.26. The van der Waals surface area contributed by atoms with E-state index in [0.717, 1.165) is 6.54 Å². The molecule has 2 heteroatoms. The summed E-state index contributed by atoms with van der Waals surface area (Å²) in [6, 6.07) is 20.1. The molecule has 0 amide bonds. The molecule has 2 atom stereocenters. The van der Waals surface area contributed by atoms with E-state index in [9.17, 15) is 0 Å². The van der Waals surface area contributed by atoms with Crippen LogP contribution in [0.1, 0.15) is 17.9 Å². The molecule has 0 bridgehead atoms. The number of benzene rings is 2. The van der Waals surface area contributed by atoms with Gasteiger partial charge in [0, 0.05) is 24.4 Å². The Balaban J connectivity index is 1.67. The van der Waals surface area contributed by atoms with Gasteiger partial charge in [-0.3, -0.25) is 0 Å². The van der Waals surface area contributed by atoms with E-state index >= 15 is 0 Å². The van der Waals surface area contributed by atoms with E-state index in [1.807, 2.05) is 0 Å². The molecule has 1 nitrogen and oxygen atoms in total. The topological polar surface area (TPSA) is 12.0 Å². The first kappa shape index (κ1) is 12.7. The van der Waals surface area contributed by atoms with Gasteiger partial charge in [0.25, 0.3) is 0 Å². The van der Waals surface area contributed by atoms with Crippen LogP contribution in [-0.2, 0) is 0 Å². The lowest BCUT2D eigenvalue weighted by Crippen LogP contribution is -2.20. The number of hydrogen-bond acceptors (Lipinski definition) is 1. The Morgan fingerprint density at radius 1 is 0.947 bits per heavy atom. The van der Waals surface area contributed by atoms with Crippen LogP contribution in [0.3, 0.4) is 0 Å². The fourth-order valence-corrected chi connectivity index (χ4v) is 2.69. The molecule has 3 rings (SSSR count). The van der Waals surface area contributed by atoms with Crippen molar-refractivity contribution in [2.24, 2.45) is 0 Å². The first-order chi connectivity index (χ1) is 9.38. The second-order valence-corrected chi connectivity index (χ2v) is 5.46. The van der Waals surface area contributed by atoms with Crippen molar-refractivity contribution in [3.63, 3.8) is 0 Å². The van der Waals surface area contributed by atoms with Crippen molar-refractivity contribution in [3.05, 3.63) is 60.2 Å². The molecule has 2 unspecified atom stereocenters. The Morgan fingerprint density at radius 2 is 1.63 bits per heavy atom. The summed E-state index contributed by atoms with van der Waals surface area (Å²) in [6.45, 7) is 0.908. The summed E-state index contributed by atoms with van der Waals surface area (Å²) in [6.07, 6.45) is 1.24. The molecule has 0 heterocycles. The van der Waals surface area contributed by atoms with Crippen molar-refractivity contribution in [1.29, 1.82) is 0 Å². The summed E-state index contributed by atoms with van der Waals surface area (Å²) in [5.74, 6) is 1.36. The zero-order valence-corrected chi connectivity index (χ0v) is 11.6. The van der Waals surface area contributed by atoms with E-state index in [2.05, 4.69) is 59.9 Å². The zero-order chi connectivity index (χ0) is 13.1. The van der Waals surface area contributed by atoms with Crippen LogP contribution < -0.4 is 5.32 Å². The van der Waals surface area contributed by atoms with Crippen molar-refractivity contribution in [1.82, 2.24) is 5.32 Å². The van der Waals surface area contributed by atoms with Gasteiger partial charge in [-0.05, 0) is 23.1 Å². The van der Waals surface area contributed by atoms with Crippen LogP contribution in [-0.4, -0.2) is 18.5 Å². The van der Waals surface area contributed by atoms with Crippen LogP contribution in [0.5, 0.6) is 0 Å². The van der Waals surface area contributed by atoms with Gasteiger partial charge in [0.05, 0.1) is 0 Å². The lowest BCUT2D eigenvalue weighted by Gasteiger charge is -2.05. The molecule has 0 spiro atoms. The molecule has 0 radical (unpaired) electrons. The minimum absolute atomic E-state index is 0.626. The second kappa shape index (κ2) is 5.77. The number of nitrogens with one attached hydrogen (secondary N) is 1. The molecule has 19 heavy (non-hydrogen) atoms. The third kappa shape index (κ3) is 2.99. The second-order valence-electron chi connectivity index (χ2n) is 5.08. The van der Waals surface area contributed by atoms with Crippen molar-refractivity contribution in [2.75, 3.05) is 12.4 Å². The molecule has 1 fully saturated rings. The molecule has 0 aliphatic heterocycles. The third-order valence-corrected chi connectivity index (χ3v) is 3.93. The minimum atomic E-state index is 0.626. The zero-order valence-electron chi connectivity index (χ0n) is 10.9. The van der Waals surface area contributed by atoms with Crippen molar-refractivity contribution >= 4 is 11.6 Å². The summed E-state index contributed by atoms with van der Waals surface area (Å²) in [7, 11) is 0. The van der Waals surface area contributed by atoms with Gasteiger partial charge in [0.2, 0.25) is 0 Å². The van der Waals surface area contributed by atoms with Gasteiger partial charge in [-0.25, -0.2) is 0 Å². The van der Waals surface area contributed by atoms with Crippen LogP contribution in [0, 0.1) is 0 Å². The molecule has 0 aromatic heterocycles. The number of hydrogen-bond donors (Lipinski definition) is 1. The molecule has 2 aromatic carbocycles. The third-order valence-electron chi connectivity index (χ3n) is 3.74. The standard InChI is InChI=1S/C17H18ClN/c18-10-11-19-17-12-16(17)15-8-6-14(7-9-15)13-4-2-1-3-5-13/h1-9,16-17,19H,10-12H2. The molecular formula is C17H18ClN. The molecule has 1 aliphatic carbocycles. The van der Waals surface area contributed by atoms with Gasteiger partial charge >= 0.3 is 0 Å².